The summed E-state index contributed by atoms with van der Waals surface area (Å²) in [5, 5.41) is 17.6. The molecule has 10 nitrogen and oxygen atoms in total. The van der Waals surface area contributed by atoms with Crippen LogP contribution in [0.5, 0.6) is 0 Å². The zero-order valence-electron chi connectivity index (χ0n) is 21.3. The average molecular weight is 526 g/mol. The molecule has 4 aromatic rings. The lowest BCUT2D eigenvalue weighted by Gasteiger charge is -2.49. The van der Waals surface area contributed by atoms with Crippen molar-refractivity contribution in [2.45, 2.75) is 58.3 Å². The van der Waals surface area contributed by atoms with Gasteiger partial charge >= 0.3 is 0 Å². The van der Waals surface area contributed by atoms with Gasteiger partial charge in [0, 0.05) is 50.5 Å². The molecule has 0 aromatic carbocycles. The Balaban J connectivity index is 1.51. The fourth-order valence-corrected chi connectivity index (χ4v) is 5.52. The maximum atomic E-state index is 14.4. The van der Waals surface area contributed by atoms with Crippen LogP contribution in [-0.4, -0.2) is 59.0 Å². The molecular formula is C25H29ClFN9O. The number of aromatic nitrogens is 6. The Morgan fingerprint density at radius 2 is 2.00 bits per heavy atom. The maximum absolute atomic E-state index is 14.4. The molecule has 0 amide bonds. The lowest BCUT2D eigenvalue weighted by atomic mass is 9.98. The standard InChI is InChI=1S/C25H29ClFN9O/c1-5-16-13-35(19-11-21(37)32(4)20-14-33(10-8-28)30-23(19)20)17(6-2)12-34(16)15(3)18-7-9-36-25(29-18)22(27)24(26)31-36/h7,9,11,14-17H,5-6,10,12-13H2,1-4H3/t15?,16-,17+/m1/s1. The third kappa shape index (κ3) is 4.24. The van der Waals surface area contributed by atoms with E-state index in [9.17, 15) is 9.18 Å². The van der Waals surface area contributed by atoms with E-state index in [2.05, 4.69) is 51.8 Å². The molecule has 12 heteroatoms. The molecule has 5 rings (SSSR count). The van der Waals surface area contributed by atoms with E-state index in [4.69, 9.17) is 16.9 Å². The van der Waals surface area contributed by atoms with Crippen molar-refractivity contribution in [3.05, 3.63) is 51.5 Å². The van der Waals surface area contributed by atoms with Gasteiger partial charge in [-0.1, -0.05) is 25.4 Å². The number of hydrogen-bond acceptors (Lipinski definition) is 7. The summed E-state index contributed by atoms with van der Waals surface area (Å²) < 4.78 is 18.9. The van der Waals surface area contributed by atoms with Crippen molar-refractivity contribution >= 4 is 34.0 Å². The number of rotatable bonds is 6. The van der Waals surface area contributed by atoms with Crippen molar-refractivity contribution in [2.75, 3.05) is 18.0 Å². The number of aryl methyl sites for hydroxylation is 1. The van der Waals surface area contributed by atoms with Gasteiger partial charge in [0.2, 0.25) is 5.82 Å². The summed E-state index contributed by atoms with van der Waals surface area (Å²) in [6.07, 6.45) is 5.17. The van der Waals surface area contributed by atoms with Crippen molar-refractivity contribution < 1.29 is 4.39 Å². The number of pyridine rings is 1. The number of nitriles is 1. The Hall–Kier alpha value is -3.49. The third-order valence-corrected chi connectivity index (χ3v) is 7.74. The normalized spacial score (nSPS) is 19.5. The molecule has 1 unspecified atom stereocenters. The Labute approximate surface area is 218 Å². The van der Waals surface area contributed by atoms with E-state index in [-0.39, 0.29) is 41.0 Å². The molecule has 1 fully saturated rings. The van der Waals surface area contributed by atoms with E-state index in [1.165, 1.54) is 4.52 Å². The molecule has 0 bridgehead atoms. The Morgan fingerprint density at radius 3 is 2.70 bits per heavy atom. The molecule has 37 heavy (non-hydrogen) atoms. The first-order valence-electron chi connectivity index (χ1n) is 12.4. The van der Waals surface area contributed by atoms with Gasteiger partial charge in [0.05, 0.1) is 29.2 Å². The molecule has 1 saturated heterocycles. The fourth-order valence-electron chi connectivity index (χ4n) is 5.36. The topological polar surface area (TPSA) is 100 Å². The molecule has 5 heterocycles. The van der Waals surface area contributed by atoms with Crippen LogP contribution in [0.2, 0.25) is 5.15 Å². The summed E-state index contributed by atoms with van der Waals surface area (Å²) in [7, 11) is 1.72. The summed E-state index contributed by atoms with van der Waals surface area (Å²) in [5.74, 6) is -0.621. The fraction of sp³-hybridized carbons (Fsp3) is 0.480. The van der Waals surface area contributed by atoms with Crippen LogP contribution in [0.25, 0.3) is 16.7 Å². The van der Waals surface area contributed by atoms with Gasteiger partial charge < -0.3 is 9.47 Å². The van der Waals surface area contributed by atoms with E-state index in [1.807, 2.05) is 6.07 Å². The number of halogens is 2. The van der Waals surface area contributed by atoms with Crippen LogP contribution < -0.4 is 10.5 Å². The van der Waals surface area contributed by atoms with Gasteiger partial charge in [-0.2, -0.15) is 19.8 Å². The lowest BCUT2D eigenvalue weighted by Crippen LogP contribution is -2.59. The Bertz CT molecular complexity index is 1570. The second-order valence-corrected chi connectivity index (χ2v) is 9.88. The van der Waals surface area contributed by atoms with Crippen LogP contribution in [0.1, 0.15) is 45.3 Å². The number of anilines is 1. The molecule has 1 aliphatic heterocycles. The molecule has 194 valence electrons. The van der Waals surface area contributed by atoms with Gasteiger partial charge in [-0.25, -0.2) is 9.50 Å². The van der Waals surface area contributed by atoms with E-state index < -0.39 is 5.82 Å². The lowest BCUT2D eigenvalue weighted by molar-refractivity contribution is 0.0992. The number of nitrogens with zero attached hydrogens (tertiary/aromatic N) is 9. The molecule has 1 aliphatic rings. The first kappa shape index (κ1) is 25.2. The number of hydrogen-bond donors (Lipinski definition) is 0. The minimum Gasteiger partial charge on any atom is -0.364 e. The predicted octanol–water partition coefficient (Wildman–Crippen LogP) is 3.53. The van der Waals surface area contributed by atoms with Crippen LogP contribution >= 0.6 is 11.6 Å². The third-order valence-electron chi connectivity index (χ3n) is 7.50. The molecule has 4 aromatic heterocycles. The quantitative estimate of drug-likeness (QED) is 0.379. The van der Waals surface area contributed by atoms with Gasteiger partial charge in [0.15, 0.2) is 10.8 Å². The molecule has 0 spiro atoms. The van der Waals surface area contributed by atoms with Crippen LogP contribution in [0.15, 0.2) is 29.3 Å². The molecular weight excluding hydrogens is 497 g/mol. The largest absolute Gasteiger partial charge is 0.364 e. The van der Waals surface area contributed by atoms with Crippen molar-refractivity contribution in [1.82, 2.24) is 33.8 Å². The summed E-state index contributed by atoms with van der Waals surface area (Å²) in [5.41, 5.74) is 2.96. The molecule has 0 saturated carbocycles. The van der Waals surface area contributed by atoms with Gasteiger partial charge in [0.1, 0.15) is 12.1 Å². The molecule has 0 aliphatic carbocycles. The SMILES string of the molecule is CC[C@H]1CN(C(C)c2ccn3nc(Cl)c(F)c3n2)[C@H](CC)CN1c1cc(=O)n(C)c2cn(CC#N)nc12. The van der Waals surface area contributed by atoms with Crippen LogP contribution in [0, 0.1) is 17.1 Å². The number of fused-ring (bicyclic) bond motifs is 2. The molecule has 0 N–H and O–H groups in total. The minimum absolute atomic E-state index is 0.0716. The van der Waals surface area contributed by atoms with E-state index in [0.29, 0.717) is 17.6 Å². The molecule has 0 radical (unpaired) electrons. The van der Waals surface area contributed by atoms with Crippen molar-refractivity contribution in [1.29, 1.82) is 5.26 Å². The van der Waals surface area contributed by atoms with E-state index >= 15 is 0 Å². The smallest absolute Gasteiger partial charge is 0.252 e. The Kier molecular flexibility index (Phi) is 6.64. The summed E-state index contributed by atoms with van der Waals surface area (Å²) >= 11 is 5.86. The maximum Gasteiger partial charge on any atom is 0.252 e. The van der Waals surface area contributed by atoms with E-state index in [0.717, 1.165) is 30.8 Å². The highest BCUT2D eigenvalue weighted by atomic mass is 35.5. The first-order chi connectivity index (χ1) is 17.8. The number of piperazine rings is 1. The second-order valence-electron chi connectivity index (χ2n) is 9.52. The van der Waals surface area contributed by atoms with Crippen LogP contribution in [0.4, 0.5) is 10.1 Å². The van der Waals surface area contributed by atoms with Gasteiger partial charge in [0.25, 0.3) is 5.56 Å². The van der Waals surface area contributed by atoms with Crippen molar-refractivity contribution in [3.8, 4) is 6.07 Å². The highest BCUT2D eigenvalue weighted by molar-refractivity contribution is 6.29. The summed E-state index contributed by atoms with van der Waals surface area (Å²) in [4.78, 5) is 22.1. The van der Waals surface area contributed by atoms with Crippen LogP contribution in [0.3, 0.4) is 0 Å². The van der Waals surface area contributed by atoms with Gasteiger partial charge in [-0.3, -0.25) is 14.4 Å². The monoisotopic (exact) mass is 525 g/mol. The highest BCUT2D eigenvalue weighted by Gasteiger charge is 2.37. The van der Waals surface area contributed by atoms with Crippen molar-refractivity contribution in [2.24, 2.45) is 7.05 Å². The summed E-state index contributed by atoms with van der Waals surface area (Å²) in [6.45, 7) is 7.90. The highest BCUT2D eigenvalue weighted by Crippen LogP contribution is 2.34. The van der Waals surface area contributed by atoms with Crippen molar-refractivity contribution in [3.63, 3.8) is 0 Å². The summed E-state index contributed by atoms with van der Waals surface area (Å²) in [6, 6.07) is 5.83. The zero-order chi connectivity index (χ0) is 26.4. The Morgan fingerprint density at radius 1 is 1.24 bits per heavy atom. The average Bonchev–Trinajstić information content (AvgIpc) is 3.45. The van der Waals surface area contributed by atoms with Crippen LogP contribution in [-0.2, 0) is 13.6 Å². The second kappa shape index (κ2) is 9.76. The zero-order valence-corrected chi connectivity index (χ0v) is 22.0. The van der Waals surface area contributed by atoms with Gasteiger partial charge in [-0.05, 0) is 25.8 Å². The van der Waals surface area contributed by atoms with Gasteiger partial charge in [-0.15, -0.1) is 0 Å². The molecule has 3 atom stereocenters. The minimum atomic E-state index is -0.621. The first-order valence-corrected chi connectivity index (χ1v) is 12.8. The van der Waals surface area contributed by atoms with E-state index in [1.54, 1.807) is 34.8 Å². The predicted molar refractivity (Wildman–Crippen MR) is 139 cm³/mol.